The van der Waals surface area contributed by atoms with Gasteiger partial charge in [0.1, 0.15) is 11.5 Å². The van der Waals surface area contributed by atoms with Gasteiger partial charge in [-0.25, -0.2) is 4.79 Å². The van der Waals surface area contributed by atoms with Gasteiger partial charge in [0.05, 0.1) is 16.1 Å². The van der Waals surface area contributed by atoms with E-state index in [0.29, 0.717) is 28.2 Å². The molecule has 0 aromatic heterocycles. The summed E-state index contributed by atoms with van der Waals surface area (Å²) in [5.74, 6) is 0.512. The molecule has 9 heteroatoms. The topological polar surface area (TPSA) is 114 Å². The molecule has 0 fully saturated rings. The molecule has 0 amide bonds. The van der Waals surface area contributed by atoms with Gasteiger partial charge in [0.2, 0.25) is 12.6 Å². The third-order valence-electron chi connectivity index (χ3n) is 5.14. The number of nitro benzene ring substituents is 1. The second kappa shape index (κ2) is 7.79. The predicted octanol–water partition coefficient (Wildman–Crippen LogP) is 4.47. The van der Waals surface area contributed by atoms with Gasteiger partial charge in [0, 0.05) is 18.2 Å². The van der Waals surface area contributed by atoms with Crippen LogP contribution in [0.15, 0.2) is 60.4 Å². The average molecular weight is 445 g/mol. The number of hydrogen-bond acceptors (Lipinski definition) is 8. The van der Waals surface area contributed by atoms with Gasteiger partial charge in [-0.3, -0.25) is 14.9 Å². The standard InChI is InChI=1S/C24H15NO8/c1-13-7-17(32-24(27)15-5-6-18-19(10-15)31-12-30-18)11-20-22(13)23(26)21(33-20)9-14-3-2-4-16(8-14)25(28)29/h2-11H,12H2,1H3/b21-9-. The Morgan fingerprint density at radius 3 is 2.70 bits per heavy atom. The molecule has 0 saturated heterocycles. The highest BCUT2D eigenvalue weighted by Crippen LogP contribution is 2.38. The summed E-state index contributed by atoms with van der Waals surface area (Å²) in [7, 11) is 0. The number of benzene rings is 3. The number of nitrogens with zero attached hydrogens (tertiary/aromatic N) is 1. The predicted molar refractivity (Wildman–Crippen MR) is 115 cm³/mol. The van der Waals surface area contributed by atoms with Crippen molar-refractivity contribution in [2.45, 2.75) is 6.92 Å². The van der Waals surface area contributed by atoms with Gasteiger partial charge in [0.15, 0.2) is 17.3 Å². The molecule has 5 rings (SSSR count). The molecule has 0 N–H and O–H groups in total. The van der Waals surface area contributed by atoms with E-state index >= 15 is 0 Å². The van der Waals surface area contributed by atoms with E-state index < -0.39 is 10.9 Å². The lowest BCUT2D eigenvalue weighted by molar-refractivity contribution is -0.384. The Morgan fingerprint density at radius 2 is 1.88 bits per heavy atom. The minimum absolute atomic E-state index is 0.0212. The Morgan fingerprint density at radius 1 is 1.06 bits per heavy atom. The van der Waals surface area contributed by atoms with Crippen LogP contribution in [0.5, 0.6) is 23.0 Å². The average Bonchev–Trinajstić information content (AvgIpc) is 3.38. The first-order valence-electron chi connectivity index (χ1n) is 9.84. The molecule has 0 radical (unpaired) electrons. The third-order valence-corrected chi connectivity index (χ3v) is 5.14. The van der Waals surface area contributed by atoms with Crippen LogP contribution >= 0.6 is 0 Å². The lowest BCUT2D eigenvalue weighted by Gasteiger charge is -2.08. The summed E-state index contributed by atoms with van der Waals surface area (Å²) in [5, 5.41) is 11.0. The molecular weight excluding hydrogens is 430 g/mol. The minimum atomic E-state index is -0.607. The Kier molecular flexibility index (Phi) is 4.78. The van der Waals surface area contributed by atoms with Gasteiger partial charge in [0.25, 0.3) is 5.69 Å². The highest BCUT2D eigenvalue weighted by molar-refractivity contribution is 6.15. The van der Waals surface area contributed by atoms with E-state index in [1.54, 1.807) is 31.2 Å². The smallest absolute Gasteiger partial charge is 0.343 e. The molecule has 0 unspecified atom stereocenters. The highest BCUT2D eigenvalue weighted by atomic mass is 16.7. The monoisotopic (exact) mass is 445 g/mol. The summed E-state index contributed by atoms with van der Waals surface area (Å²) in [6.45, 7) is 1.80. The molecule has 9 nitrogen and oxygen atoms in total. The number of ether oxygens (including phenoxy) is 4. The van der Waals surface area contributed by atoms with E-state index in [9.17, 15) is 19.7 Å². The Labute approximate surface area is 186 Å². The zero-order valence-corrected chi connectivity index (χ0v) is 17.2. The maximum absolute atomic E-state index is 12.8. The minimum Gasteiger partial charge on any atom is -0.454 e. The van der Waals surface area contributed by atoms with Crippen molar-refractivity contribution >= 4 is 23.5 Å². The summed E-state index contributed by atoms with van der Waals surface area (Å²) in [4.78, 5) is 35.9. The fourth-order valence-corrected chi connectivity index (χ4v) is 3.61. The molecule has 0 saturated carbocycles. The van der Waals surface area contributed by atoms with Crippen LogP contribution in [0.2, 0.25) is 0 Å². The first kappa shape index (κ1) is 20.3. The molecule has 3 aromatic carbocycles. The van der Waals surface area contributed by atoms with Crippen LogP contribution in [-0.4, -0.2) is 23.5 Å². The zero-order chi connectivity index (χ0) is 23.1. The number of esters is 1. The summed E-state index contributed by atoms with van der Waals surface area (Å²) in [6.07, 6.45) is 1.44. The fraction of sp³-hybridized carbons (Fsp3) is 0.0833. The number of fused-ring (bicyclic) bond motifs is 2. The number of ketones is 1. The molecule has 33 heavy (non-hydrogen) atoms. The zero-order valence-electron chi connectivity index (χ0n) is 17.2. The number of carbonyl (C=O) groups is 2. The first-order valence-corrected chi connectivity index (χ1v) is 9.84. The van der Waals surface area contributed by atoms with Crippen molar-refractivity contribution in [1.82, 2.24) is 0 Å². The molecule has 2 aliphatic heterocycles. The molecule has 2 heterocycles. The van der Waals surface area contributed by atoms with Crippen molar-refractivity contribution in [3.8, 4) is 23.0 Å². The van der Waals surface area contributed by atoms with Gasteiger partial charge in [-0.2, -0.15) is 0 Å². The number of rotatable bonds is 4. The highest BCUT2D eigenvalue weighted by Gasteiger charge is 2.30. The summed E-state index contributed by atoms with van der Waals surface area (Å²) >= 11 is 0. The molecule has 3 aromatic rings. The molecule has 0 bridgehead atoms. The number of carbonyl (C=O) groups excluding carboxylic acids is 2. The van der Waals surface area contributed by atoms with E-state index in [2.05, 4.69) is 0 Å². The number of aryl methyl sites for hydroxylation is 1. The Hall–Kier alpha value is -4.66. The second-order valence-electron chi connectivity index (χ2n) is 7.36. The first-order chi connectivity index (χ1) is 15.9. The molecule has 0 spiro atoms. The van der Waals surface area contributed by atoms with Crippen molar-refractivity contribution < 1.29 is 33.5 Å². The number of allylic oxidation sites excluding steroid dienone is 1. The van der Waals surface area contributed by atoms with Gasteiger partial charge in [-0.15, -0.1) is 0 Å². The van der Waals surface area contributed by atoms with Crippen LogP contribution in [-0.2, 0) is 0 Å². The van der Waals surface area contributed by atoms with E-state index in [1.807, 2.05) is 0 Å². The number of hydrogen-bond donors (Lipinski definition) is 0. The maximum atomic E-state index is 12.8. The van der Waals surface area contributed by atoms with Crippen LogP contribution < -0.4 is 18.9 Å². The normalized spacial score (nSPS) is 14.7. The van der Waals surface area contributed by atoms with Crippen LogP contribution in [0.25, 0.3) is 6.08 Å². The number of non-ortho nitro benzene ring substituents is 1. The van der Waals surface area contributed by atoms with Crippen LogP contribution in [0, 0.1) is 17.0 Å². The van der Waals surface area contributed by atoms with E-state index in [-0.39, 0.29) is 41.1 Å². The second-order valence-corrected chi connectivity index (χ2v) is 7.36. The van der Waals surface area contributed by atoms with Crippen LogP contribution in [0.3, 0.4) is 0 Å². The van der Waals surface area contributed by atoms with Crippen LogP contribution in [0.1, 0.15) is 31.8 Å². The summed E-state index contributed by atoms with van der Waals surface area (Å²) in [5.41, 5.74) is 1.54. The Balaban J connectivity index is 1.39. The number of Topliss-reactive ketones (excluding diaryl/α,β-unsaturated/α-hetero) is 1. The van der Waals surface area contributed by atoms with Gasteiger partial charge in [-0.1, -0.05) is 12.1 Å². The molecule has 0 atom stereocenters. The van der Waals surface area contributed by atoms with Crippen molar-refractivity contribution in [2.75, 3.05) is 6.79 Å². The molecule has 0 aliphatic carbocycles. The van der Waals surface area contributed by atoms with Crippen LogP contribution in [0.4, 0.5) is 5.69 Å². The lowest BCUT2D eigenvalue weighted by Crippen LogP contribution is -2.08. The van der Waals surface area contributed by atoms with Crippen molar-refractivity contribution in [1.29, 1.82) is 0 Å². The third kappa shape index (κ3) is 3.76. The SMILES string of the molecule is Cc1cc(OC(=O)c2ccc3c(c2)OCO3)cc2c1C(=O)/C(=C/c1cccc([N+](=O)[O-])c1)O2. The maximum Gasteiger partial charge on any atom is 0.343 e. The van der Waals surface area contributed by atoms with Gasteiger partial charge < -0.3 is 18.9 Å². The molecular formula is C24H15NO8. The van der Waals surface area contributed by atoms with E-state index in [1.165, 1.54) is 36.4 Å². The van der Waals surface area contributed by atoms with Crippen molar-refractivity contribution in [3.05, 3.63) is 92.7 Å². The largest absolute Gasteiger partial charge is 0.454 e. The molecule has 164 valence electrons. The van der Waals surface area contributed by atoms with Gasteiger partial charge in [-0.05, 0) is 48.4 Å². The summed E-state index contributed by atoms with van der Waals surface area (Å²) < 4.78 is 21.7. The molecule has 2 aliphatic rings. The lowest BCUT2D eigenvalue weighted by atomic mass is 10.0. The fourth-order valence-electron chi connectivity index (χ4n) is 3.61. The number of nitro groups is 1. The van der Waals surface area contributed by atoms with E-state index in [4.69, 9.17) is 18.9 Å². The van der Waals surface area contributed by atoms with Crippen molar-refractivity contribution in [2.24, 2.45) is 0 Å². The van der Waals surface area contributed by atoms with Crippen molar-refractivity contribution in [3.63, 3.8) is 0 Å². The van der Waals surface area contributed by atoms with E-state index in [0.717, 1.165) is 0 Å². The van der Waals surface area contributed by atoms with Gasteiger partial charge >= 0.3 is 5.97 Å². The summed E-state index contributed by atoms with van der Waals surface area (Å²) in [6, 6.07) is 13.6. The quantitative estimate of drug-likeness (QED) is 0.190. The Bertz CT molecular complexity index is 1370.